The molecule has 1 aromatic carbocycles. The van der Waals surface area contributed by atoms with Crippen LogP contribution in [-0.2, 0) is 0 Å². The Morgan fingerprint density at radius 1 is 0.120 bits per heavy atom. The highest BCUT2D eigenvalue weighted by Gasteiger charge is 2.09. The quantitative estimate of drug-likeness (QED) is 0.146. The summed E-state index contributed by atoms with van der Waals surface area (Å²) in [6.45, 7) is 68.9. The van der Waals surface area contributed by atoms with Crippen LogP contribution in [0.4, 0.5) is 0 Å². The molecular weight excluding hydrogens is 919 g/mol. The van der Waals surface area contributed by atoms with Crippen molar-refractivity contribution < 1.29 is 0 Å². The third-order valence-electron chi connectivity index (χ3n) is 16.5. The van der Waals surface area contributed by atoms with Crippen molar-refractivity contribution >= 4 is 0 Å². The van der Waals surface area contributed by atoms with Crippen molar-refractivity contribution in [3.05, 3.63) is 186 Å². The van der Waals surface area contributed by atoms with Crippen molar-refractivity contribution in [2.45, 2.75) is 228 Å². The number of aromatic nitrogens is 9. The number of aryl methyl sites for hydroxylation is 15. The smallest absolute Gasteiger partial charge is 0.125 e. The summed E-state index contributed by atoms with van der Waals surface area (Å²) in [6, 6.07) is 0. The number of rotatable bonds is 0. The molecule has 0 aliphatic rings. The van der Waals surface area contributed by atoms with Crippen molar-refractivity contribution in [2.24, 2.45) is 0 Å². The number of hydrogen-bond donors (Lipinski definition) is 0. The third kappa shape index (κ3) is 18.3. The van der Waals surface area contributed by atoms with E-state index in [1.165, 1.54) is 100 Å². The zero-order valence-electron chi connectivity index (χ0n) is 53.5. The second-order valence-corrected chi connectivity index (χ2v) is 21.0. The second kappa shape index (κ2) is 29.3. The molecule has 75 heavy (non-hydrogen) atoms. The molecule has 0 saturated heterocycles. The first-order valence-electron chi connectivity index (χ1n) is 26.5. The number of pyridine rings is 3. The van der Waals surface area contributed by atoms with Gasteiger partial charge in [0.1, 0.15) is 5.82 Å². The summed E-state index contributed by atoms with van der Waals surface area (Å²) in [4.78, 5) is 30.4. The molecule has 9 heteroatoms. The summed E-state index contributed by atoms with van der Waals surface area (Å²) in [5, 5.41) is 7.98. The van der Waals surface area contributed by atoms with Crippen LogP contribution in [0.3, 0.4) is 0 Å². The number of benzene rings is 1. The van der Waals surface area contributed by atoms with Gasteiger partial charge in [0.05, 0.1) is 34.2 Å². The van der Waals surface area contributed by atoms with Crippen molar-refractivity contribution in [2.75, 3.05) is 0 Å². The molecule has 0 N–H and O–H groups in total. The van der Waals surface area contributed by atoms with Gasteiger partial charge in [-0.3, -0.25) is 24.9 Å². The second-order valence-electron chi connectivity index (χ2n) is 21.0. The minimum absolute atomic E-state index is 0.862. The lowest BCUT2D eigenvalue weighted by Crippen LogP contribution is -1.98. The molecule has 0 fully saturated rings. The molecular formula is C66H99N9. The lowest BCUT2D eigenvalue weighted by molar-refractivity contribution is 0.905. The Hall–Kier alpha value is -6.09. The zero-order valence-corrected chi connectivity index (χ0v) is 53.5. The Balaban J connectivity index is 0.000000438. The van der Waals surface area contributed by atoms with Crippen LogP contribution in [0, 0.1) is 228 Å². The predicted molar refractivity (Wildman–Crippen MR) is 322 cm³/mol. The van der Waals surface area contributed by atoms with Crippen LogP contribution in [0.15, 0.2) is 0 Å². The van der Waals surface area contributed by atoms with Crippen LogP contribution in [0.25, 0.3) is 0 Å². The minimum atomic E-state index is 0.862. The van der Waals surface area contributed by atoms with E-state index in [-0.39, 0.29) is 0 Å². The summed E-state index contributed by atoms with van der Waals surface area (Å²) in [5.41, 5.74) is 39.9. The van der Waals surface area contributed by atoms with Crippen LogP contribution in [0.5, 0.6) is 0 Å². The summed E-state index contributed by atoms with van der Waals surface area (Å²) in [7, 11) is 0. The van der Waals surface area contributed by atoms with Gasteiger partial charge in [0.15, 0.2) is 0 Å². The first kappa shape index (κ1) is 66.9. The van der Waals surface area contributed by atoms with E-state index in [1.807, 2.05) is 69.2 Å². The van der Waals surface area contributed by atoms with Crippen molar-refractivity contribution in [1.29, 1.82) is 0 Å². The normalized spacial score (nSPS) is 10.2. The fourth-order valence-corrected chi connectivity index (χ4v) is 8.03. The summed E-state index contributed by atoms with van der Waals surface area (Å²) in [6.07, 6.45) is 0. The monoisotopic (exact) mass is 1020 g/mol. The first-order valence-corrected chi connectivity index (χ1v) is 26.5. The largest absolute Gasteiger partial charge is 0.258 e. The molecule has 408 valence electrons. The van der Waals surface area contributed by atoms with Gasteiger partial charge in [-0.25, -0.2) is 9.97 Å². The van der Waals surface area contributed by atoms with Crippen molar-refractivity contribution in [1.82, 2.24) is 45.1 Å². The number of hydrogen-bond acceptors (Lipinski definition) is 9. The molecule has 6 heterocycles. The van der Waals surface area contributed by atoms with Crippen LogP contribution in [-0.4, -0.2) is 45.1 Å². The lowest BCUT2D eigenvalue weighted by Gasteiger charge is -2.15. The molecule has 0 atom stereocenters. The van der Waals surface area contributed by atoms with E-state index in [1.54, 1.807) is 0 Å². The highest BCUT2D eigenvalue weighted by Crippen LogP contribution is 2.25. The van der Waals surface area contributed by atoms with Crippen LogP contribution in [0.1, 0.15) is 186 Å². The highest BCUT2D eigenvalue weighted by molar-refractivity contribution is 5.48. The molecule has 0 saturated carbocycles. The van der Waals surface area contributed by atoms with Gasteiger partial charge in [-0.2, -0.15) is 10.2 Å². The van der Waals surface area contributed by atoms with Crippen LogP contribution < -0.4 is 0 Å². The minimum Gasteiger partial charge on any atom is -0.258 e. The maximum Gasteiger partial charge on any atom is 0.125 e. The molecule has 0 aliphatic heterocycles. The van der Waals surface area contributed by atoms with Gasteiger partial charge in [-0.15, -0.1) is 0 Å². The standard InChI is InChI=1S/C12H18.3C10H15N.3C8H12N2/c1-7-8(2)10(4)12(6)11(5)9(7)3;3*1-6-7(2)9(4)11-10(5)8(6)3;1-5-6(2)10-8(4)7(3)9-5;1-5-6(2)9-8(4)10-7(5)3;1-5-6(2)8(4)10-9-7(5)3/h1-6H3;3*1-5H3;3*1-4H3. The van der Waals surface area contributed by atoms with E-state index in [0.29, 0.717) is 0 Å². The molecule has 6 aromatic heterocycles. The first-order chi connectivity index (χ1) is 34.4. The highest BCUT2D eigenvalue weighted by atomic mass is 15.1. The van der Waals surface area contributed by atoms with Gasteiger partial charge >= 0.3 is 0 Å². The Morgan fingerprint density at radius 3 is 0.440 bits per heavy atom. The molecule has 7 aromatic rings. The molecule has 0 spiro atoms. The Bertz CT molecular complexity index is 2690. The third-order valence-corrected chi connectivity index (χ3v) is 16.5. The molecule has 7 rings (SSSR count). The average molecular weight is 1020 g/mol. The Labute approximate surface area is 457 Å². The van der Waals surface area contributed by atoms with Crippen molar-refractivity contribution in [3.63, 3.8) is 0 Å². The van der Waals surface area contributed by atoms with Crippen LogP contribution >= 0.6 is 0 Å². The van der Waals surface area contributed by atoms with Gasteiger partial charge in [0.25, 0.3) is 0 Å². The van der Waals surface area contributed by atoms with Crippen molar-refractivity contribution in [3.8, 4) is 0 Å². The average Bonchev–Trinajstić information content (AvgIpc) is 3.36. The lowest BCUT2D eigenvalue weighted by atomic mass is 9.90. The predicted octanol–water partition coefficient (Wildman–Crippen LogP) is 16.5. The van der Waals surface area contributed by atoms with E-state index < -0.39 is 0 Å². The molecule has 0 amide bonds. The number of nitrogens with zero attached hydrogens (tertiary/aromatic N) is 9. The van der Waals surface area contributed by atoms with Crippen LogP contribution in [0.2, 0.25) is 0 Å². The van der Waals surface area contributed by atoms with E-state index in [4.69, 9.17) is 0 Å². The maximum atomic E-state index is 4.43. The van der Waals surface area contributed by atoms with E-state index in [2.05, 4.69) is 204 Å². The zero-order chi connectivity index (χ0) is 58.4. The SMILES string of the molecule is Cc1c(C)c(C)c(C)c(C)c1C.Cc1nc(C)c(C)c(C)c1C.Cc1nc(C)c(C)c(C)c1C.Cc1nc(C)c(C)c(C)c1C.Cc1nc(C)c(C)c(C)n1.Cc1nc(C)c(C)nc1C.Cc1nnc(C)c(C)c1C. The molecule has 0 bridgehead atoms. The molecule has 0 unspecified atom stereocenters. The summed E-state index contributed by atoms with van der Waals surface area (Å²) >= 11 is 0. The topological polar surface area (TPSA) is 116 Å². The summed E-state index contributed by atoms with van der Waals surface area (Å²) in [5.74, 6) is 0.862. The van der Waals surface area contributed by atoms with E-state index in [0.717, 1.165) is 85.5 Å². The van der Waals surface area contributed by atoms with Gasteiger partial charge in [-0.1, -0.05) is 0 Å². The molecule has 0 radical (unpaired) electrons. The molecule has 0 aliphatic carbocycles. The van der Waals surface area contributed by atoms with Gasteiger partial charge < -0.3 is 0 Å². The van der Waals surface area contributed by atoms with E-state index in [9.17, 15) is 0 Å². The fourth-order valence-electron chi connectivity index (χ4n) is 8.03. The van der Waals surface area contributed by atoms with Gasteiger partial charge in [0.2, 0.25) is 0 Å². The Morgan fingerprint density at radius 2 is 0.253 bits per heavy atom. The van der Waals surface area contributed by atoms with Gasteiger partial charge in [0, 0.05) is 45.6 Å². The van der Waals surface area contributed by atoms with Gasteiger partial charge in [-0.05, 0) is 329 Å². The summed E-state index contributed by atoms with van der Waals surface area (Å²) < 4.78 is 0. The van der Waals surface area contributed by atoms with E-state index >= 15 is 0 Å². The maximum absolute atomic E-state index is 4.43. The molecule has 9 nitrogen and oxygen atoms in total. The fraction of sp³-hybridized carbons (Fsp3) is 0.500. The Kier molecular flexibility index (Phi) is 26.1.